The molecule has 0 unspecified atom stereocenters. The molecular formula is C13H20N3O3. The molecule has 0 aliphatic carbocycles. The molecular weight excluding hydrogens is 246 g/mol. The summed E-state index contributed by atoms with van der Waals surface area (Å²) in [6.45, 7) is 2.64. The number of likely N-dealkylation sites (tertiary alicyclic amines) is 1. The van der Waals surface area contributed by atoms with Crippen molar-refractivity contribution in [2.75, 3.05) is 40.0 Å². The summed E-state index contributed by atoms with van der Waals surface area (Å²) < 4.78 is 12.0. The minimum Gasteiger partial charge on any atom is -0.382 e. The summed E-state index contributed by atoms with van der Waals surface area (Å²) in [4.78, 5) is 13.7. The molecule has 1 aliphatic heterocycles. The van der Waals surface area contributed by atoms with Crippen LogP contribution in [0.5, 0.6) is 0 Å². The monoisotopic (exact) mass is 266 g/mol. The molecule has 19 heavy (non-hydrogen) atoms. The highest BCUT2D eigenvalue weighted by Gasteiger charge is 2.23. The van der Waals surface area contributed by atoms with E-state index in [1.165, 1.54) is 0 Å². The molecule has 1 radical (unpaired) electrons. The molecule has 0 bridgehead atoms. The van der Waals surface area contributed by atoms with Crippen LogP contribution in [0.3, 0.4) is 0 Å². The number of rotatable bonds is 6. The standard InChI is InChI=1S/C13H20N3O3/c1-18-9-10-19-11-13(17)15-7-3-12(4-8-15)16-6-2-5-14-16/h5-6,12H,3-4,7-11H2,1H3. The van der Waals surface area contributed by atoms with E-state index in [0.717, 1.165) is 25.9 Å². The van der Waals surface area contributed by atoms with Gasteiger partial charge in [-0.3, -0.25) is 9.48 Å². The van der Waals surface area contributed by atoms with Crippen LogP contribution in [-0.4, -0.2) is 60.6 Å². The van der Waals surface area contributed by atoms with Gasteiger partial charge in [0.2, 0.25) is 5.91 Å². The fourth-order valence-electron chi connectivity index (χ4n) is 2.22. The highest BCUT2D eigenvalue weighted by Crippen LogP contribution is 2.21. The van der Waals surface area contributed by atoms with E-state index in [-0.39, 0.29) is 12.5 Å². The minimum absolute atomic E-state index is 0.0570. The Hall–Kier alpha value is -1.40. The van der Waals surface area contributed by atoms with E-state index in [4.69, 9.17) is 9.47 Å². The van der Waals surface area contributed by atoms with Gasteiger partial charge in [-0.1, -0.05) is 0 Å². The molecule has 0 aromatic carbocycles. The first kappa shape index (κ1) is 14.0. The van der Waals surface area contributed by atoms with Crippen molar-refractivity contribution in [2.24, 2.45) is 0 Å². The molecule has 6 heteroatoms. The van der Waals surface area contributed by atoms with Gasteiger partial charge in [-0.25, -0.2) is 0 Å². The van der Waals surface area contributed by atoms with Gasteiger partial charge in [0.15, 0.2) is 0 Å². The van der Waals surface area contributed by atoms with Gasteiger partial charge < -0.3 is 14.4 Å². The van der Waals surface area contributed by atoms with E-state index in [9.17, 15) is 4.79 Å². The quantitative estimate of drug-likeness (QED) is 0.704. The van der Waals surface area contributed by atoms with Gasteiger partial charge in [0.1, 0.15) is 6.61 Å². The average Bonchev–Trinajstić information content (AvgIpc) is 2.98. The first-order valence-electron chi connectivity index (χ1n) is 6.56. The van der Waals surface area contributed by atoms with Crippen molar-refractivity contribution in [1.29, 1.82) is 0 Å². The maximum atomic E-state index is 11.9. The molecule has 2 rings (SSSR count). The number of methoxy groups -OCH3 is 1. The van der Waals surface area contributed by atoms with Gasteiger partial charge in [0.25, 0.3) is 0 Å². The lowest BCUT2D eigenvalue weighted by molar-refractivity contribution is -0.137. The number of carbonyl (C=O) groups is 1. The lowest BCUT2D eigenvalue weighted by Gasteiger charge is -2.32. The summed E-state index contributed by atoms with van der Waals surface area (Å²) in [6.07, 6.45) is 5.38. The smallest absolute Gasteiger partial charge is 0.248 e. The Kier molecular flexibility index (Phi) is 5.35. The molecule has 1 aromatic heterocycles. The summed E-state index contributed by atoms with van der Waals surface area (Å²) in [5.74, 6) is 0.0570. The van der Waals surface area contributed by atoms with Crippen LogP contribution in [0, 0.1) is 6.07 Å². The first-order valence-corrected chi connectivity index (χ1v) is 6.56. The van der Waals surface area contributed by atoms with Gasteiger partial charge >= 0.3 is 0 Å². The third-order valence-electron chi connectivity index (χ3n) is 3.32. The Morgan fingerprint density at radius 3 is 2.84 bits per heavy atom. The maximum absolute atomic E-state index is 11.9. The third kappa shape index (κ3) is 4.04. The molecule has 2 heterocycles. The predicted octanol–water partition coefficient (Wildman–Crippen LogP) is 0.510. The van der Waals surface area contributed by atoms with Crippen LogP contribution in [0.25, 0.3) is 0 Å². The third-order valence-corrected chi connectivity index (χ3v) is 3.32. The zero-order chi connectivity index (χ0) is 13.5. The van der Waals surface area contributed by atoms with Gasteiger partial charge in [0, 0.05) is 32.5 Å². The van der Waals surface area contributed by atoms with Crippen LogP contribution in [0.1, 0.15) is 18.9 Å². The number of hydrogen-bond donors (Lipinski definition) is 0. The molecule has 1 saturated heterocycles. The SMILES string of the molecule is COCCOCC(=O)N1CCC(n2c[c]cn2)CC1. The Bertz CT molecular complexity index is 372. The van der Waals surface area contributed by atoms with Crippen molar-refractivity contribution in [3.63, 3.8) is 0 Å². The van der Waals surface area contributed by atoms with Crippen LogP contribution in [0.4, 0.5) is 0 Å². The number of carbonyl (C=O) groups excluding carboxylic acids is 1. The highest BCUT2D eigenvalue weighted by atomic mass is 16.5. The van der Waals surface area contributed by atoms with Gasteiger partial charge in [-0.2, -0.15) is 5.10 Å². The van der Waals surface area contributed by atoms with Crippen LogP contribution >= 0.6 is 0 Å². The predicted molar refractivity (Wildman–Crippen MR) is 68.6 cm³/mol. The van der Waals surface area contributed by atoms with Gasteiger partial charge in [0.05, 0.1) is 25.5 Å². The van der Waals surface area contributed by atoms with E-state index in [0.29, 0.717) is 19.3 Å². The number of amides is 1. The lowest BCUT2D eigenvalue weighted by atomic mass is 10.1. The summed E-state index contributed by atoms with van der Waals surface area (Å²) >= 11 is 0. The summed E-state index contributed by atoms with van der Waals surface area (Å²) in [7, 11) is 1.61. The molecule has 0 atom stereocenters. The normalized spacial score (nSPS) is 16.8. The Morgan fingerprint density at radius 2 is 2.21 bits per heavy atom. The van der Waals surface area contributed by atoms with Gasteiger partial charge in [-0.15, -0.1) is 0 Å². The minimum atomic E-state index is 0.0570. The Morgan fingerprint density at radius 1 is 1.42 bits per heavy atom. The van der Waals surface area contributed by atoms with Crippen LogP contribution in [0.2, 0.25) is 0 Å². The van der Waals surface area contributed by atoms with E-state index >= 15 is 0 Å². The first-order chi connectivity index (χ1) is 9.31. The molecule has 0 saturated carbocycles. The lowest BCUT2D eigenvalue weighted by Crippen LogP contribution is -2.41. The van der Waals surface area contributed by atoms with E-state index < -0.39 is 0 Å². The number of ether oxygens (including phenoxy) is 2. The summed E-state index contributed by atoms with van der Waals surface area (Å²) in [5, 5.41) is 4.20. The molecule has 0 spiro atoms. The Balaban J connectivity index is 1.69. The topological polar surface area (TPSA) is 56.6 Å². The summed E-state index contributed by atoms with van der Waals surface area (Å²) in [6, 6.07) is 3.32. The second-order valence-corrected chi connectivity index (χ2v) is 4.58. The molecule has 1 fully saturated rings. The second kappa shape index (κ2) is 7.25. The molecule has 1 aromatic rings. The van der Waals surface area contributed by atoms with E-state index in [2.05, 4.69) is 11.2 Å². The fourth-order valence-corrected chi connectivity index (χ4v) is 2.22. The van der Waals surface area contributed by atoms with E-state index in [1.54, 1.807) is 13.3 Å². The van der Waals surface area contributed by atoms with Crippen LogP contribution in [-0.2, 0) is 14.3 Å². The second-order valence-electron chi connectivity index (χ2n) is 4.58. The largest absolute Gasteiger partial charge is 0.382 e. The number of nitrogens with zero attached hydrogens (tertiary/aromatic N) is 3. The molecule has 0 N–H and O–H groups in total. The highest BCUT2D eigenvalue weighted by molar-refractivity contribution is 5.77. The van der Waals surface area contributed by atoms with Crippen LogP contribution < -0.4 is 0 Å². The zero-order valence-electron chi connectivity index (χ0n) is 11.2. The van der Waals surface area contributed by atoms with Crippen molar-refractivity contribution in [3.05, 3.63) is 18.5 Å². The van der Waals surface area contributed by atoms with Crippen molar-refractivity contribution < 1.29 is 14.3 Å². The maximum Gasteiger partial charge on any atom is 0.248 e. The van der Waals surface area contributed by atoms with Crippen molar-refractivity contribution in [3.8, 4) is 0 Å². The molecule has 1 aliphatic rings. The Labute approximate surface area is 113 Å². The molecule has 105 valence electrons. The molecule has 6 nitrogen and oxygen atoms in total. The number of aromatic nitrogens is 2. The van der Waals surface area contributed by atoms with Crippen LogP contribution in [0.15, 0.2) is 12.4 Å². The molecule has 1 amide bonds. The fraction of sp³-hybridized carbons (Fsp3) is 0.692. The average molecular weight is 266 g/mol. The number of hydrogen-bond acceptors (Lipinski definition) is 4. The van der Waals surface area contributed by atoms with Crippen molar-refractivity contribution in [2.45, 2.75) is 18.9 Å². The summed E-state index contributed by atoms with van der Waals surface area (Å²) in [5.41, 5.74) is 0. The van der Waals surface area contributed by atoms with Gasteiger partial charge in [-0.05, 0) is 12.8 Å². The zero-order valence-corrected chi connectivity index (χ0v) is 11.2. The van der Waals surface area contributed by atoms with Crippen molar-refractivity contribution in [1.82, 2.24) is 14.7 Å². The van der Waals surface area contributed by atoms with E-state index in [1.807, 2.05) is 15.8 Å². The number of piperidine rings is 1. The van der Waals surface area contributed by atoms with Crippen molar-refractivity contribution >= 4 is 5.91 Å².